The van der Waals surface area contributed by atoms with Gasteiger partial charge in [0.1, 0.15) is 0 Å². The second kappa shape index (κ2) is 8.21. The van der Waals surface area contributed by atoms with Crippen LogP contribution in [0.2, 0.25) is 0 Å². The van der Waals surface area contributed by atoms with Crippen molar-refractivity contribution in [3.8, 4) is 6.07 Å². The predicted molar refractivity (Wildman–Crippen MR) is 56.9 cm³/mol. The summed E-state index contributed by atoms with van der Waals surface area (Å²) in [5, 5.41) is 11.2. The van der Waals surface area contributed by atoms with Crippen LogP contribution in [0.5, 0.6) is 0 Å². The summed E-state index contributed by atoms with van der Waals surface area (Å²) in [6, 6.07) is 1.37. The van der Waals surface area contributed by atoms with Crippen molar-refractivity contribution in [3.05, 3.63) is 0 Å². The summed E-state index contributed by atoms with van der Waals surface area (Å²) in [5.41, 5.74) is 5.63. The van der Waals surface area contributed by atoms with Crippen molar-refractivity contribution in [2.45, 2.75) is 38.3 Å². The minimum atomic E-state index is -0.558. The molecule has 5 nitrogen and oxygen atoms in total. The Morgan fingerprint density at radius 3 is 2.80 bits per heavy atom. The highest BCUT2D eigenvalue weighted by Gasteiger charge is 2.16. The highest BCUT2D eigenvalue weighted by atomic mass is 16.5. The maximum atomic E-state index is 11.5. The number of nitrogens with two attached hydrogens (primary N) is 1. The first-order chi connectivity index (χ1) is 7.15. The molecule has 0 saturated heterocycles. The summed E-state index contributed by atoms with van der Waals surface area (Å²) in [4.78, 5) is 11.5. The van der Waals surface area contributed by atoms with E-state index in [1.54, 1.807) is 7.11 Å². The average molecular weight is 213 g/mol. The normalized spacial score (nSPS) is 14.0. The smallest absolute Gasteiger partial charge is 0.237 e. The third kappa shape index (κ3) is 6.05. The quantitative estimate of drug-likeness (QED) is 0.630. The van der Waals surface area contributed by atoms with Crippen LogP contribution in [0.1, 0.15) is 26.2 Å². The van der Waals surface area contributed by atoms with Crippen molar-refractivity contribution >= 4 is 5.91 Å². The third-order valence-corrected chi connectivity index (χ3v) is 2.15. The van der Waals surface area contributed by atoms with E-state index in [-0.39, 0.29) is 11.9 Å². The van der Waals surface area contributed by atoms with Gasteiger partial charge in [-0.1, -0.05) is 6.92 Å². The maximum absolute atomic E-state index is 11.5. The number of carbonyl (C=O) groups is 1. The van der Waals surface area contributed by atoms with Gasteiger partial charge in [-0.15, -0.1) is 0 Å². The zero-order valence-corrected chi connectivity index (χ0v) is 9.32. The number of hydrogen-bond acceptors (Lipinski definition) is 4. The van der Waals surface area contributed by atoms with Crippen molar-refractivity contribution in [2.75, 3.05) is 13.7 Å². The van der Waals surface area contributed by atoms with E-state index in [1.165, 1.54) is 0 Å². The van der Waals surface area contributed by atoms with Crippen molar-refractivity contribution in [2.24, 2.45) is 5.73 Å². The standard InChI is InChI=1S/C10H19N3O2/c1-3-8(4-6-11)13-10(14)9(12)5-7-15-2/h8-9H,3-5,7,12H2,1-2H3,(H,13,14). The largest absolute Gasteiger partial charge is 0.385 e. The Balaban J connectivity index is 3.93. The Bertz CT molecular complexity index is 225. The first kappa shape index (κ1) is 13.9. The van der Waals surface area contributed by atoms with E-state index < -0.39 is 6.04 Å². The van der Waals surface area contributed by atoms with Gasteiger partial charge in [-0.25, -0.2) is 0 Å². The monoisotopic (exact) mass is 213 g/mol. The van der Waals surface area contributed by atoms with E-state index in [0.717, 1.165) is 6.42 Å². The Labute approximate surface area is 90.6 Å². The van der Waals surface area contributed by atoms with Gasteiger partial charge in [-0.05, 0) is 12.8 Å². The van der Waals surface area contributed by atoms with Crippen LogP contribution in [0.3, 0.4) is 0 Å². The molecule has 86 valence electrons. The van der Waals surface area contributed by atoms with E-state index >= 15 is 0 Å². The number of hydrogen-bond donors (Lipinski definition) is 2. The van der Waals surface area contributed by atoms with E-state index in [1.807, 2.05) is 13.0 Å². The summed E-state index contributed by atoms with van der Waals surface area (Å²) in [5.74, 6) is -0.214. The van der Waals surface area contributed by atoms with Gasteiger partial charge in [-0.3, -0.25) is 4.79 Å². The van der Waals surface area contributed by atoms with Crippen molar-refractivity contribution in [1.29, 1.82) is 5.26 Å². The molecule has 0 saturated carbocycles. The van der Waals surface area contributed by atoms with E-state index in [9.17, 15) is 4.79 Å². The Kier molecular flexibility index (Phi) is 7.60. The minimum absolute atomic E-state index is 0.101. The summed E-state index contributed by atoms with van der Waals surface area (Å²) in [7, 11) is 1.56. The fourth-order valence-corrected chi connectivity index (χ4v) is 1.09. The van der Waals surface area contributed by atoms with Gasteiger partial charge in [0, 0.05) is 19.8 Å². The Morgan fingerprint density at radius 2 is 2.33 bits per heavy atom. The number of methoxy groups -OCH3 is 1. The van der Waals surface area contributed by atoms with Crippen molar-refractivity contribution in [3.63, 3.8) is 0 Å². The van der Waals surface area contributed by atoms with Gasteiger partial charge in [0.2, 0.25) is 5.91 Å². The summed E-state index contributed by atoms with van der Waals surface area (Å²) >= 11 is 0. The van der Waals surface area contributed by atoms with Gasteiger partial charge in [0.05, 0.1) is 18.5 Å². The molecular weight excluding hydrogens is 194 g/mol. The molecular formula is C10H19N3O2. The van der Waals surface area contributed by atoms with Crippen LogP contribution >= 0.6 is 0 Å². The number of nitriles is 1. The van der Waals surface area contributed by atoms with Gasteiger partial charge in [0.15, 0.2) is 0 Å². The minimum Gasteiger partial charge on any atom is -0.385 e. The number of carbonyl (C=O) groups excluding carboxylic acids is 1. The molecule has 2 unspecified atom stereocenters. The van der Waals surface area contributed by atoms with Crippen molar-refractivity contribution < 1.29 is 9.53 Å². The molecule has 1 amide bonds. The topological polar surface area (TPSA) is 88.1 Å². The average Bonchev–Trinajstić information content (AvgIpc) is 2.24. The molecule has 3 N–H and O–H groups in total. The SMILES string of the molecule is CCC(CC#N)NC(=O)C(N)CCOC. The molecule has 0 bridgehead atoms. The predicted octanol–water partition coefficient (Wildman–Crippen LogP) is 0.159. The highest BCUT2D eigenvalue weighted by Crippen LogP contribution is 1.98. The fraction of sp³-hybridized carbons (Fsp3) is 0.800. The summed E-state index contributed by atoms with van der Waals surface area (Å²) in [6.07, 6.45) is 1.54. The number of nitrogens with zero attached hydrogens (tertiary/aromatic N) is 1. The molecule has 15 heavy (non-hydrogen) atoms. The van der Waals surface area contributed by atoms with Gasteiger partial charge in [-0.2, -0.15) is 5.26 Å². The Hall–Kier alpha value is -1.12. The molecule has 0 aliphatic carbocycles. The van der Waals surface area contributed by atoms with Crippen LogP contribution in [-0.2, 0) is 9.53 Å². The molecule has 0 aliphatic heterocycles. The number of amides is 1. The van der Waals surface area contributed by atoms with Crippen LogP contribution in [0, 0.1) is 11.3 Å². The zero-order chi connectivity index (χ0) is 11.7. The first-order valence-corrected chi connectivity index (χ1v) is 5.07. The molecule has 0 aliphatic rings. The van der Waals surface area contributed by atoms with E-state index in [4.69, 9.17) is 15.7 Å². The molecule has 2 atom stereocenters. The molecule has 0 fully saturated rings. The second-order valence-electron chi connectivity index (χ2n) is 3.36. The summed E-state index contributed by atoms with van der Waals surface area (Å²) in [6.45, 7) is 2.38. The van der Waals surface area contributed by atoms with Crippen LogP contribution < -0.4 is 11.1 Å². The molecule has 0 rings (SSSR count). The number of rotatable bonds is 7. The lowest BCUT2D eigenvalue weighted by atomic mass is 10.1. The summed E-state index contributed by atoms with van der Waals surface area (Å²) < 4.78 is 4.83. The lowest BCUT2D eigenvalue weighted by molar-refractivity contribution is -0.123. The van der Waals surface area contributed by atoms with Gasteiger partial charge >= 0.3 is 0 Å². The van der Waals surface area contributed by atoms with E-state index in [0.29, 0.717) is 19.4 Å². The second-order valence-corrected chi connectivity index (χ2v) is 3.36. The van der Waals surface area contributed by atoms with Crippen LogP contribution in [0.15, 0.2) is 0 Å². The van der Waals surface area contributed by atoms with Gasteiger partial charge in [0.25, 0.3) is 0 Å². The fourth-order valence-electron chi connectivity index (χ4n) is 1.09. The van der Waals surface area contributed by atoms with E-state index in [2.05, 4.69) is 5.32 Å². The zero-order valence-electron chi connectivity index (χ0n) is 9.32. The molecule has 0 radical (unpaired) electrons. The van der Waals surface area contributed by atoms with Crippen LogP contribution in [-0.4, -0.2) is 31.7 Å². The van der Waals surface area contributed by atoms with Crippen molar-refractivity contribution in [1.82, 2.24) is 5.32 Å². The molecule has 0 aromatic carbocycles. The third-order valence-electron chi connectivity index (χ3n) is 2.15. The number of ether oxygens (including phenoxy) is 1. The van der Waals surface area contributed by atoms with Crippen LogP contribution in [0.25, 0.3) is 0 Å². The lowest BCUT2D eigenvalue weighted by Crippen LogP contribution is -2.45. The number of nitrogens with one attached hydrogen (secondary N) is 1. The highest BCUT2D eigenvalue weighted by molar-refractivity contribution is 5.81. The lowest BCUT2D eigenvalue weighted by Gasteiger charge is -2.17. The first-order valence-electron chi connectivity index (χ1n) is 5.07. The maximum Gasteiger partial charge on any atom is 0.237 e. The molecule has 0 heterocycles. The molecule has 0 aromatic heterocycles. The molecule has 0 spiro atoms. The van der Waals surface area contributed by atoms with Gasteiger partial charge < -0.3 is 15.8 Å². The molecule has 5 heteroatoms. The Morgan fingerprint density at radius 1 is 1.67 bits per heavy atom. The molecule has 0 aromatic rings. The van der Waals surface area contributed by atoms with Crippen LogP contribution in [0.4, 0.5) is 0 Å².